The molecule has 0 saturated carbocycles. The summed E-state index contributed by atoms with van der Waals surface area (Å²) < 4.78 is 0. The molecular formula is C13H21NO3. The van der Waals surface area contributed by atoms with E-state index in [0.717, 1.165) is 18.5 Å². The van der Waals surface area contributed by atoms with Crippen molar-refractivity contribution in [3.63, 3.8) is 0 Å². The Hall–Kier alpha value is -1.26. The van der Waals surface area contributed by atoms with Crippen molar-refractivity contribution in [2.45, 2.75) is 26.3 Å². The molecule has 0 aliphatic carbocycles. The van der Waals surface area contributed by atoms with Crippen molar-refractivity contribution in [3.8, 4) is 11.5 Å². The molecule has 4 nitrogen and oxygen atoms in total. The van der Waals surface area contributed by atoms with Crippen LogP contribution in [0.4, 0.5) is 0 Å². The Morgan fingerprint density at radius 1 is 1.12 bits per heavy atom. The maximum atomic E-state index is 9.38. The molecule has 17 heavy (non-hydrogen) atoms. The Balaban J connectivity index is 2.54. The van der Waals surface area contributed by atoms with Gasteiger partial charge in [0.05, 0.1) is 0 Å². The van der Waals surface area contributed by atoms with E-state index in [9.17, 15) is 10.2 Å². The maximum absolute atomic E-state index is 9.38. The number of aliphatic hydroxyl groups excluding tert-OH is 1. The van der Waals surface area contributed by atoms with Crippen molar-refractivity contribution < 1.29 is 15.3 Å². The minimum absolute atomic E-state index is 0.0501. The van der Waals surface area contributed by atoms with Crippen LogP contribution in [0.2, 0.25) is 0 Å². The molecule has 0 aliphatic rings. The minimum atomic E-state index is 0.0501. The van der Waals surface area contributed by atoms with Gasteiger partial charge in [0, 0.05) is 18.7 Å². The lowest BCUT2D eigenvalue weighted by molar-refractivity contribution is 0.258. The predicted octanol–water partition coefficient (Wildman–Crippen LogP) is 1.77. The van der Waals surface area contributed by atoms with Gasteiger partial charge in [-0.15, -0.1) is 0 Å². The number of nitrogens with one attached hydrogen (secondary N) is 1. The van der Waals surface area contributed by atoms with Gasteiger partial charge in [0.2, 0.25) is 0 Å². The number of benzene rings is 1. The molecule has 0 aromatic heterocycles. The van der Waals surface area contributed by atoms with E-state index in [2.05, 4.69) is 12.2 Å². The van der Waals surface area contributed by atoms with Crippen LogP contribution in [-0.2, 0) is 0 Å². The fraction of sp³-hybridized carbons (Fsp3) is 0.538. The monoisotopic (exact) mass is 239 g/mol. The summed E-state index contributed by atoms with van der Waals surface area (Å²) in [6, 6.07) is 4.63. The van der Waals surface area contributed by atoms with Crippen molar-refractivity contribution in [3.05, 3.63) is 23.8 Å². The van der Waals surface area contributed by atoms with E-state index in [-0.39, 0.29) is 24.1 Å². The van der Waals surface area contributed by atoms with Crippen LogP contribution in [0.15, 0.2) is 18.2 Å². The highest BCUT2D eigenvalue weighted by atomic mass is 16.3. The van der Waals surface area contributed by atoms with E-state index in [0.29, 0.717) is 5.92 Å². The van der Waals surface area contributed by atoms with Gasteiger partial charge in [-0.3, -0.25) is 0 Å². The van der Waals surface area contributed by atoms with Crippen LogP contribution < -0.4 is 5.32 Å². The molecule has 2 unspecified atom stereocenters. The number of aliphatic hydroxyl groups is 1. The second-order valence-electron chi connectivity index (χ2n) is 4.53. The highest BCUT2D eigenvalue weighted by Crippen LogP contribution is 2.24. The van der Waals surface area contributed by atoms with E-state index >= 15 is 0 Å². The fourth-order valence-electron chi connectivity index (χ4n) is 1.69. The SMILES string of the molecule is CC(CCO)CNC(C)c1cc(O)cc(O)c1. The molecule has 0 spiro atoms. The molecule has 1 aromatic rings. The molecule has 0 heterocycles. The van der Waals surface area contributed by atoms with Gasteiger partial charge in [0.15, 0.2) is 0 Å². The summed E-state index contributed by atoms with van der Waals surface area (Å²) in [5.41, 5.74) is 0.846. The average Bonchev–Trinajstić information content (AvgIpc) is 2.25. The van der Waals surface area contributed by atoms with Gasteiger partial charge >= 0.3 is 0 Å². The summed E-state index contributed by atoms with van der Waals surface area (Å²) in [5, 5.41) is 30.9. The number of phenols is 2. The van der Waals surface area contributed by atoms with Crippen LogP contribution in [0.25, 0.3) is 0 Å². The van der Waals surface area contributed by atoms with Gasteiger partial charge in [0.25, 0.3) is 0 Å². The largest absolute Gasteiger partial charge is 0.508 e. The van der Waals surface area contributed by atoms with Gasteiger partial charge in [-0.25, -0.2) is 0 Å². The summed E-state index contributed by atoms with van der Waals surface area (Å²) >= 11 is 0. The van der Waals surface area contributed by atoms with Gasteiger partial charge in [-0.05, 0) is 43.5 Å². The molecule has 0 fully saturated rings. The lowest BCUT2D eigenvalue weighted by Crippen LogP contribution is -2.24. The summed E-state index contributed by atoms with van der Waals surface area (Å²) in [5.74, 6) is 0.530. The first-order chi connectivity index (χ1) is 8.02. The number of aromatic hydroxyl groups is 2. The van der Waals surface area contributed by atoms with Gasteiger partial charge < -0.3 is 20.6 Å². The molecule has 0 aliphatic heterocycles. The van der Waals surface area contributed by atoms with Crippen LogP contribution in [0.3, 0.4) is 0 Å². The van der Waals surface area contributed by atoms with Crippen LogP contribution in [0.1, 0.15) is 31.9 Å². The van der Waals surface area contributed by atoms with Crippen LogP contribution in [-0.4, -0.2) is 28.5 Å². The standard InChI is InChI=1S/C13H21NO3/c1-9(3-4-15)8-14-10(2)11-5-12(16)7-13(17)6-11/h5-7,9-10,14-17H,3-4,8H2,1-2H3. The maximum Gasteiger partial charge on any atom is 0.119 e. The highest BCUT2D eigenvalue weighted by molar-refractivity contribution is 5.37. The zero-order valence-corrected chi connectivity index (χ0v) is 10.3. The van der Waals surface area contributed by atoms with E-state index in [1.165, 1.54) is 6.07 Å². The average molecular weight is 239 g/mol. The second kappa shape index (κ2) is 6.47. The van der Waals surface area contributed by atoms with Crippen molar-refractivity contribution in [1.82, 2.24) is 5.32 Å². The summed E-state index contributed by atoms with van der Waals surface area (Å²) in [4.78, 5) is 0. The molecular weight excluding hydrogens is 218 g/mol. The summed E-state index contributed by atoms with van der Waals surface area (Å²) in [7, 11) is 0. The Kier molecular flexibility index (Phi) is 5.25. The quantitative estimate of drug-likeness (QED) is 0.610. The van der Waals surface area contributed by atoms with E-state index in [4.69, 9.17) is 5.11 Å². The minimum Gasteiger partial charge on any atom is -0.508 e. The molecule has 1 aromatic carbocycles. The Bertz CT molecular complexity index is 334. The van der Waals surface area contributed by atoms with Crippen molar-refractivity contribution >= 4 is 0 Å². The Labute approximate surface area is 102 Å². The fourth-order valence-corrected chi connectivity index (χ4v) is 1.69. The van der Waals surface area contributed by atoms with Gasteiger partial charge in [0.1, 0.15) is 11.5 Å². The van der Waals surface area contributed by atoms with E-state index in [1.807, 2.05) is 6.92 Å². The number of rotatable bonds is 6. The Morgan fingerprint density at radius 3 is 2.24 bits per heavy atom. The third kappa shape index (κ3) is 4.63. The molecule has 2 atom stereocenters. The third-order valence-electron chi connectivity index (χ3n) is 2.82. The van der Waals surface area contributed by atoms with E-state index < -0.39 is 0 Å². The first kappa shape index (κ1) is 13.8. The normalized spacial score (nSPS) is 14.5. The zero-order valence-electron chi connectivity index (χ0n) is 10.3. The van der Waals surface area contributed by atoms with Gasteiger partial charge in [-0.1, -0.05) is 6.92 Å². The topological polar surface area (TPSA) is 72.7 Å². The lowest BCUT2D eigenvalue weighted by Gasteiger charge is -2.18. The second-order valence-corrected chi connectivity index (χ2v) is 4.53. The summed E-state index contributed by atoms with van der Waals surface area (Å²) in [6.45, 7) is 5.03. The van der Waals surface area contributed by atoms with Crippen molar-refractivity contribution in [2.24, 2.45) is 5.92 Å². The smallest absolute Gasteiger partial charge is 0.119 e. The predicted molar refractivity (Wildman–Crippen MR) is 67.1 cm³/mol. The molecule has 0 bridgehead atoms. The van der Waals surface area contributed by atoms with E-state index in [1.54, 1.807) is 12.1 Å². The third-order valence-corrected chi connectivity index (χ3v) is 2.82. The molecule has 1 rings (SSSR count). The number of hydrogen-bond donors (Lipinski definition) is 4. The van der Waals surface area contributed by atoms with Crippen LogP contribution in [0.5, 0.6) is 11.5 Å². The molecule has 0 radical (unpaired) electrons. The summed E-state index contributed by atoms with van der Waals surface area (Å²) in [6.07, 6.45) is 0.769. The Morgan fingerprint density at radius 2 is 1.71 bits per heavy atom. The molecule has 0 amide bonds. The first-order valence-corrected chi connectivity index (χ1v) is 5.90. The lowest BCUT2D eigenvalue weighted by atomic mass is 10.1. The molecule has 4 heteroatoms. The van der Waals surface area contributed by atoms with Crippen LogP contribution >= 0.6 is 0 Å². The zero-order chi connectivity index (χ0) is 12.8. The molecule has 0 saturated heterocycles. The van der Waals surface area contributed by atoms with Crippen molar-refractivity contribution in [1.29, 1.82) is 0 Å². The highest BCUT2D eigenvalue weighted by Gasteiger charge is 2.09. The first-order valence-electron chi connectivity index (χ1n) is 5.90. The van der Waals surface area contributed by atoms with Crippen LogP contribution in [0, 0.1) is 5.92 Å². The number of phenolic OH excluding ortho intramolecular Hbond substituents is 2. The van der Waals surface area contributed by atoms with Gasteiger partial charge in [-0.2, -0.15) is 0 Å². The molecule has 96 valence electrons. The van der Waals surface area contributed by atoms with Crippen molar-refractivity contribution in [2.75, 3.05) is 13.2 Å². The molecule has 4 N–H and O–H groups in total. The number of hydrogen-bond acceptors (Lipinski definition) is 4.